The monoisotopic (exact) mass is 314 g/mol. The van der Waals surface area contributed by atoms with Crippen LogP contribution in [0.25, 0.3) is 0 Å². The summed E-state index contributed by atoms with van der Waals surface area (Å²) in [6.07, 6.45) is 0. The SMILES string of the molecule is COC(=O)C(C)NCC(=O)Nc1ccc(Br)cc1. The molecule has 1 atom stereocenters. The molecule has 0 spiro atoms. The lowest BCUT2D eigenvalue weighted by atomic mass is 10.3. The van der Waals surface area contributed by atoms with E-state index in [1.807, 2.05) is 12.1 Å². The number of hydrogen-bond acceptors (Lipinski definition) is 4. The number of esters is 1. The van der Waals surface area contributed by atoms with E-state index in [9.17, 15) is 9.59 Å². The Balaban J connectivity index is 2.38. The zero-order valence-electron chi connectivity index (χ0n) is 10.2. The number of nitrogens with one attached hydrogen (secondary N) is 2. The van der Waals surface area contributed by atoms with Crippen molar-refractivity contribution in [2.45, 2.75) is 13.0 Å². The molecule has 5 nitrogen and oxygen atoms in total. The van der Waals surface area contributed by atoms with Crippen LogP contribution in [-0.4, -0.2) is 31.6 Å². The quantitative estimate of drug-likeness (QED) is 0.809. The van der Waals surface area contributed by atoms with Crippen molar-refractivity contribution in [3.05, 3.63) is 28.7 Å². The van der Waals surface area contributed by atoms with Crippen LogP contribution >= 0.6 is 15.9 Å². The first-order valence-electron chi connectivity index (χ1n) is 5.39. The molecule has 98 valence electrons. The highest BCUT2D eigenvalue weighted by Gasteiger charge is 2.13. The second-order valence-corrected chi connectivity index (χ2v) is 4.60. The first-order chi connectivity index (χ1) is 8.52. The summed E-state index contributed by atoms with van der Waals surface area (Å²) in [6.45, 7) is 1.69. The molecule has 1 rings (SSSR count). The first-order valence-corrected chi connectivity index (χ1v) is 6.19. The molecule has 1 unspecified atom stereocenters. The second-order valence-electron chi connectivity index (χ2n) is 3.68. The van der Waals surface area contributed by atoms with E-state index < -0.39 is 12.0 Å². The van der Waals surface area contributed by atoms with Gasteiger partial charge in [-0.15, -0.1) is 0 Å². The lowest BCUT2D eigenvalue weighted by Crippen LogP contribution is -2.39. The molecule has 6 heteroatoms. The lowest BCUT2D eigenvalue weighted by Gasteiger charge is -2.11. The minimum Gasteiger partial charge on any atom is -0.468 e. The molecule has 0 heterocycles. The van der Waals surface area contributed by atoms with Crippen molar-refractivity contribution in [2.24, 2.45) is 0 Å². The summed E-state index contributed by atoms with van der Waals surface area (Å²) < 4.78 is 5.48. The largest absolute Gasteiger partial charge is 0.468 e. The van der Waals surface area contributed by atoms with Gasteiger partial charge >= 0.3 is 5.97 Å². The van der Waals surface area contributed by atoms with Gasteiger partial charge in [0.2, 0.25) is 5.91 Å². The van der Waals surface area contributed by atoms with Crippen LogP contribution in [0.15, 0.2) is 28.7 Å². The van der Waals surface area contributed by atoms with Gasteiger partial charge in [-0.25, -0.2) is 0 Å². The van der Waals surface area contributed by atoms with Gasteiger partial charge in [-0.2, -0.15) is 0 Å². The van der Waals surface area contributed by atoms with E-state index in [-0.39, 0.29) is 12.5 Å². The predicted octanol–water partition coefficient (Wildman–Crippen LogP) is 1.54. The summed E-state index contributed by atoms with van der Waals surface area (Å²) >= 11 is 3.31. The average Bonchev–Trinajstić information content (AvgIpc) is 2.37. The van der Waals surface area contributed by atoms with Gasteiger partial charge in [0.25, 0.3) is 0 Å². The van der Waals surface area contributed by atoms with Crippen molar-refractivity contribution >= 4 is 33.5 Å². The number of carbonyl (C=O) groups is 2. The summed E-state index contributed by atoms with van der Waals surface area (Å²) in [7, 11) is 1.31. The van der Waals surface area contributed by atoms with Crippen molar-refractivity contribution in [3.8, 4) is 0 Å². The zero-order chi connectivity index (χ0) is 13.5. The molecule has 0 fully saturated rings. The molecule has 1 aromatic rings. The molecule has 1 aromatic carbocycles. The first kappa shape index (κ1) is 14.7. The standard InChI is InChI=1S/C12H15BrN2O3/c1-8(12(17)18-2)14-7-11(16)15-10-5-3-9(13)4-6-10/h3-6,8,14H,7H2,1-2H3,(H,15,16). The third-order valence-electron chi connectivity index (χ3n) is 2.25. The van der Waals surface area contributed by atoms with Crippen LogP contribution in [0.5, 0.6) is 0 Å². The third kappa shape index (κ3) is 4.85. The van der Waals surface area contributed by atoms with E-state index >= 15 is 0 Å². The highest BCUT2D eigenvalue weighted by molar-refractivity contribution is 9.10. The number of rotatable bonds is 5. The Morgan fingerprint density at radius 3 is 2.50 bits per heavy atom. The molecule has 0 saturated heterocycles. The lowest BCUT2D eigenvalue weighted by molar-refractivity contribution is -0.142. The number of carbonyl (C=O) groups excluding carboxylic acids is 2. The molecule has 0 bridgehead atoms. The molecule has 0 radical (unpaired) electrons. The molecule has 0 aliphatic carbocycles. The Bertz CT molecular complexity index is 420. The van der Waals surface area contributed by atoms with E-state index in [0.717, 1.165) is 4.47 Å². The van der Waals surface area contributed by atoms with E-state index in [4.69, 9.17) is 0 Å². The fraction of sp³-hybridized carbons (Fsp3) is 0.333. The van der Waals surface area contributed by atoms with Crippen molar-refractivity contribution in [1.82, 2.24) is 5.32 Å². The summed E-state index contributed by atoms with van der Waals surface area (Å²) in [6, 6.07) is 6.73. The molecule has 0 aromatic heterocycles. The van der Waals surface area contributed by atoms with Gasteiger partial charge in [-0.05, 0) is 31.2 Å². The maximum absolute atomic E-state index is 11.6. The smallest absolute Gasteiger partial charge is 0.322 e. The summed E-state index contributed by atoms with van der Waals surface area (Å²) in [5, 5.41) is 5.48. The van der Waals surface area contributed by atoms with Gasteiger partial charge in [0.15, 0.2) is 0 Å². The predicted molar refractivity (Wildman–Crippen MR) is 72.3 cm³/mol. The fourth-order valence-corrected chi connectivity index (χ4v) is 1.51. The van der Waals surface area contributed by atoms with Crippen LogP contribution in [0.1, 0.15) is 6.92 Å². The minimum absolute atomic E-state index is 0.0479. The average molecular weight is 315 g/mol. The van der Waals surface area contributed by atoms with E-state index in [1.165, 1.54) is 7.11 Å². The highest BCUT2D eigenvalue weighted by atomic mass is 79.9. The molecule has 1 amide bonds. The number of methoxy groups -OCH3 is 1. The van der Waals surface area contributed by atoms with Crippen molar-refractivity contribution < 1.29 is 14.3 Å². The van der Waals surface area contributed by atoms with E-state index in [1.54, 1.807) is 19.1 Å². The van der Waals surface area contributed by atoms with Gasteiger partial charge < -0.3 is 10.1 Å². The molecule has 0 saturated carbocycles. The molecule has 18 heavy (non-hydrogen) atoms. The Kier molecular flexibility index (Phi) is 5.80. The third-order valence-corrected chi connectivity index (χ3v) is 2.78. The Morgan fingerprint density at radius 2 is 1.94 bits per heavy atom. The Hall–Kier alpha value is -1.40. The van der Waals surface area contributed by atoms with Crippen molar-refractivity contribution in [1.29, 1.82) is 0 Å². The maximum atomic E-state index is 11.6. The number of anilines is 1. The highest BCUT2D eigenvalue weighted by Crippen LogP contribution is 2.13. The molecule has 0 aliphatic rings. The summed E-state index contributed by atoms with van der Waals surface area (Å²) in [5.41, 5.74) is 0.704. The van der Waals surface area contributed by atoms with Gasteiger partial charge in [-0.1, -0.05) is 15.9 Å². The number of hydrogen-bond donors (Lipinski definition) is 2. The van der Waals surface area contributed by atoms with Gasteiger partial charge in [0.1, 0.15) is 6.04 Å². The van der Waals surface area contributed by atoms with E-state index in [2.05, 4.69) is 31.3 Å². The molecule has 2 N–H and O–H groups in total. The Labute approximate surface area is 114 Å². The van der Waals surface area contributed by atoms with Crippen molar-refractivity contribution in [2.75, 3.05) is 19.0 Å². The van der Waals surface area contributed by atoms with Crippen LogP contribution in [0.3, 0.4) is 0 Å². The maximum Gasteiger partial charge on any atom is 0.322 e. The second kappa shape index (κ2) is 7.13. The molecule has 0 aliphatic heterocycles. The summed E-state index contributed by atoms with van der Waals surface area (Å²) in [5.74, 6) is -0.612. The fourth-order valence-electron chi connectivity index (χ4n) is 1.24. The van der Waals surface area contributed by atoms with Crippen LogP contribution < -0.4 is 10.6 Å². The molecular weight excluding hydrogens is 300 g/mol. The Morgan fingerprint density at radius 1 is 1.33 bits per heavy atom. The number of halogens is 1. The van der Waals surface area contributed by atoms with Crippen molar-refractivity contribution in [3.63, 3.8) is 0 Å². The van der Waals surface area contributed by atoms with Gasteiger partial charge in [-0.3, -0.25) is 14.9 Å². The van der Waals surface area contributed by atoms with Gasteiger partial charge in [0.05, 0.1) is 13.7 Å². The van der Waals surface area contributed by atoms with E-state index in [0.29, 0.717) is 5.69 Å². The summed E-state index contributed by atoms with van der Waals surface area (Å²) in [4.78, 5) is 22.7. The normalized spacial score (nSPS) is 11.7. The number of ether oxygens (including phenoxy) is 1. The topological polar surface area (TPSA) is 67.4 Å². The van der Waals surface area contributed by atoms with Crippen LogP contribution in [0, 0.1) is 0 Å². The van der Waals surface area contributed by atoms with Gasteiger partial charge in [0, 0.05) is 10.2 Å². The molecular formula is C12H15BrN2O3. The van der Waals surface area contributed by atoms with Crippen LogP contribution in [0.4, 0.5) is 5.69 Å². The minimum atomic E-state index is -0.509. The van der Waals surface area contributed by atoms with Crippen LogP contribution in [-0.2, 0) is 14.3 Å². The number of benzene rings is 1. The number of amides is 1. The zero-order valence-corrected chi connectivity index (χ0v) is 11.8. The van der Waals surface area contributed by atoms with Crippen LogP contribution in [0.2, 0.25) is 0 Å².